The minimum Gasteiger partial charge on any atom is -0.494 e. The maximum absolute atomic E-state index is 15.0. The van der Waals surface area contributed by atoms with Gasteiger partial charge >= 0.3 is 6.18 Å². The first-order chi connectivity index (χ1) is 18.6. The average molecular weight is 547 g/mol. The van der Waals surface area contributed by atoms with Gasteiger partial charge in [-0.05, 0) is 49.3 Å². The number of carbonyl (C=O) groups is 1. The van der Waals surface area contributed by atoms with Gasteiger partial charge in [-0.3, -0.25) is 9.59 Å². The Hall–Kier alpha value is -4.03. The smallest absolute Gasteiger partial charge is 0.423 e. The lowest BCUT2D eigenvalue weighted by Crippen LogP contribution is -2.42. The Morgan fingerprint density at radius 3 is 2.62 bits per heavy atom. The Kier molecular flexibility index (Phi) is 7.23. The molecule has 0 unspecified atom stereocenters. The maximum Gasteiger partial charge on any atom is 0.423 e. The average Bonchev–Trinajstić information content (AvgIpc) is 2.90. The number of halogens is 4. The van der Waals surface area contributed by atoms with Gasteiger partial charge in [0.1, 0.15) is 11.4 Å². The standard InChI is InChI=1S/C26H26F4N6O3/c1-39-17-10-31-23(32-11-17)19-8-15-5-6-36(25(38)18(15)9-20(19)27)13-14-3-2-4-16(7-14)34-21-12-33-35-24(37)22(21)26(28,29)30/h8-12,14,16H,2-7,13H2,1H3,(H2,34,35,37)/t14-,16+/m1/s1. The van der Waals surface area contributed by atoms with Gasteiger partial charge in [0.2, 0.25) is 0 Å². The lowest BCUT2D eigenvalue weighted by atomic mass is 9.84. The number of nitrogens with zero attached hydrogens (tertiary/aromatic N) is 4. The molecule has 1 aliphatic carbocycles. The van der Waals surface area contributed by atoms with Crippen LogP contribution in [0.3, 0.4) is 0 Å². The van der Waals surface area contributed by atoms with Crippen LogP contribution in [0, 0.1) is 11.7 Å². The molecule has 3 heterocycles. The van der Waals surface area contributed by atoms with Crippen LogP contribution in [0.2, 0.25) is 0 Å². The van der Waals surface area contributed by atoms with Gasteiger partial charge in [-0.15, -0.1) is 0 Å². The van der Waals surface area contributed by atoms with Gasteiger partial charge < -0.3 is 15.0 Å². The van der Waals surface area contributed by atoms with E-state index in [1.165, 1.54) is 25.6 Å². The number of carbonyl (C=O) groups excluding carboxylic acids is 1. The third kappa shape index (κ3) is 5.57. The summed E-state index contributed by atoms with van der Waals surface area (Å²) in [6.07, 6.45) is 2.24. The molecule has 0 bridgehead atoms. The number of rotatable bonds is 6. The number of anilines is 1. The van der Waals surface area contributed by atoms with Gasteiger partial charge in [-0.2, -0.15) is 18.3 Å². The summed E-state index contributed by atoms with van der Waals surface area (Å²) in [5.74, 6) is -0.231. The van der Waals surface area contributed by atoms with Crippen LogP contribution in [0.4, 0.5) is 23.2 Å². The minimum atomic E-state index is -4.82. The van der Waals surface area contributed by atoms with Crippen molar-refractivity contribution in [2.45, 2.75) is 44.3 Å². The zero-order valence-electron chi connectivity index (χ0n) is 21.0. The molecule has 1 aromatic carbocycles. The summed E-state index contributed by atoms with van der Waals surface area (Å²) in [5, 5.41) is 8.20. The van der Waals surface area contributed by atoms with Crippen LogP contribution < -0.4 is 15.6 Å². The fraction of sp³-hybridized carbons (Fsp3) is 0.423. The minimum absolute atomic E-state index is 0.0304. The highest BCUT2D eigenvalue weighted by molar-refractivity contribution is 5.97. The van der Waals surface area contributed by atoms with Crippen molar-refractivity contribution in [2.75, 3.05) is 25.5 Å². The molecule has 2 N–H and O–H groups in total. The van der Waals surface area contributed by atoms with E-state index >= 15 is 4.39 Å². The number of alkyl halides is 3. The van der Waals surface area contributed by atoms with Gasteiger partial charge in [0.25, 0.3) is 11.5 Å². The first-order valence-electron chi connectivity index (χ1n) is 12.5. The molecule has 1 aliphatic heterocycles. The molecule has 0 saturated heterocycles. The zero-order chi connectivity index (χ0) is 27.7. The van der Waals surface area contributed by atoms with Crippen molar-refractivity contribution in [3.63, 3.8) is 0 Å². The summed E-state index contributed by atoms with van der Waals surface area (Å²) in [6, 6.07) is 2.51. The molecule has 0 spiro atoms. The Balaban J connectivity index is 1.27. The number of aromatic amines is 1. The van der Waals surface area contributed by atoms with Crippen molar-refractivity contribution in [2.24, 2.45) is 5.92 Å². The summed E-state index contributed by atoms with van der Waals surface area (Å²) < 4.78 is 60.3. The number of amides is 1. The number of ether oxygens (including phenoxy) is 1. The molecule has 1 fully saturated rings. The summed E-state index contributed by atoms with van der Waals surface area (Å²) in [5.41, 5.74) is -1.77. The highest BCUT2D eigenvalue weighted by Crippen LogP contribution is 2.35. The molecule has 2 aromatic heterocycles. The quantitative estimate of drug-likeness (QED) is 0.449. The van der Waals surface area contributed by atoms with Crippen LogP contribution in [0.15, 0.2) is 35.5 Å². The molecule has 0 radical (unpaired) electrons. The number of methoxy groups -OCH3 is 1. The predicted molar refractivity (Wildman–Crippen MR) is 133 cm³/mol. The second kappa shape index (κ2) is 10.6. The second-order valence-corrected chi connectivity index (χ2v) is 9.80. The molecule has 5 rings (SSSR count). The summed E-state index contributed by atoms with van der Waals surface area (Å²) in [6.45, 7) is 0.840. The van der Waals surface area contributed by atoms with Gasteiger partial charge in [0.15, 0.2) is 11.6 Å². The van der Waals surface area contributed by atoms with Gasteiger partial charge in [0.05, 0.1) is 37.0 Å². The van der Waals surface area contributed by atoms with E-state index in [1.807, 2.05) is 5.10 Å². The Morgan fingerprint density at radius 2 is 1.90 bits per heavy atom. The fourth-order valence-corrected chi connectivity index (χ4v) is 5.37. The predicted octanol–water partition coefficient (Wildman–Crippen LogP) is 4.06. The molecule has 13 heteroatoms. The highest BCUT2D eigenvalue weighted by Gasteiger charge is 2.38. The van der Waals surface area contributed by atoms with Gasteiger partial charge in [-0.1, -0.05) is 6.42 Å². The zero-order valence-corrected chi connectivity index (χ0v) is 21.0. The van der Waals surface area contributed by atoms with Crippen LogP contribution in [0.1, 0.15) is 47.2 Å². The summed E-state index contributed by atoms with van der Waals surface area (Å²) >= 11 is 0. The number of hydrogen-bond donors (Lipinski definition) is 2. The van der Waals surface area contributed by atoms with Crippen molar-refractivity contribution < 1.29 is 27.1 Å². The number of aromatic nitrogens is 4. The number of benzene rings is 1. The van der Waals surface area contributed by atoms with Crippen molar-refractivity contribution in [1.29, 1.82) is 0 Å². The molecule has 39 heavy (non-hydrogen) atoms. The largest absolute Gasteiger partial charge is 0.494 e. The second-order valence-electron chi connectivity index (χ2n) is 9.80. The van der Waals surface area contributed by atoms with Gasteiger partial charge in [-0.25, -0.2) is 19.5 Å². The lowest BCUT2D eigenvalue weighted by molar-refractivity contribution is -0.138. The van der Waals surface area contributed by atoms with E-state index in [-0.39, 0.29) is 40.5 Å². The van der Waals surface area contributed by atoms with Gasteiger partial charge in [0, 0.05) is 24.7 Å². The normalized spacial score (nSPS) is 19.5. The van der Waals surface area contributed by atoms with Crippen molar-refractivity contribution in [3.05, 3.63) is 63.6 Å². The summed E-state index contributed by atoms with van der Waals surface area (Å²) in [7, 11) is 1.48. The van der Waals surface area contributed by atoms with Crippen molar-refractivity contribution >= 4 is 11.6 Å². The van der Waals surface area contributed by atoms with Crippen LogP contribution in [0.5, 0.6) is 5.75 Å². The topological polar surface area (TPSA) is 113 Å². The maximum atomic E-state index is 15.0. The Bertz CT molecular complexity index is 1430. The third-order valence-corrected chi connectivity index (χ3v) is 7.23. The van der Waals surface area contributed by atoms with E-state index in [0.717, 1.165) is 19.0 Å². The van der Waals surface area contributed by atoms with E-state index in [4.69, 9.17) is 4.74 Å². The van der Waals surface area contributed by atoms with E-state index in [1.54, 1.807) is 11.0 Å². The first kappa shape index (κ1) is 26.6. The molecule has 2 atom stereocenters. The molecule has 9 nitrogen and oxygen atoms in total. The SMILES string of the molecule is COc1cnc(-c2cc3c(cc2F)C(=O)N(C[C@@H]2CCC[C@H](Nc4cn[nH]c(=O)c4C(F)(F)F)C2)CC3)nc1. The number of hydrogen-bond acceptors (Lipinski definition) is 7. The van der Waals surface area contributed by atoms with Crippen LogP contribution in [-0.2, 0) is 12.6 Å². The molecule has 206 valence electrons. The molecule has 1 saturated carbocycles. The van der Waals surface area contributed by atoms with Crippen LogP contribution in [0.25, 0.3) is 11.4 Å². The fourth-order valence-electron chi connectivity index (χ4n) is 5.37. The Morgan fingerprint density at radius 1 is 1.13 bits per heavy atom. The number of H-pyrrole nitrogens is 1. The van der Waals surface area contributed by atoms with E-state index in [2.05, 4.69) is 20.4 Å². The molecule has 3 aromatic rings. The number of nitrogens with one attached hydrogen (secondary N) is 2. The van der Waals surface area contributed by atoms with Crippen molar-refractivity contribution in [1.82, 2.24) is 25.1 Å². The molecule has 2 aliphatic rings. The van der Waals surface area contributed by atoms with Crippen LogP contribution in [-0.4, -0.2) is 57.2 Å². The molecular weight excluding hydrogens is 520 g/mol. The lowest BCUT2D eigenvalue weighted by Gasteiger charge is -2.36. The highest BCUT2D eigenvalue weighted by atomic mass is 19.4. The Labute approximate surface area is 220 Å². The number of fused-ring (bicyclic) bond motifs is 1. The van der Waals surface area contributed by atoms with Crippen molar-refractivity contribution in [3.8, 4) is 17.1 Å². The van der Waals surface area contributed by atoms with E-state index in [0.29, 0.717) is 43.7 Å². The van der Waals surface area contributed by atoms with E-state index < -0.39 is 23.1 Å². The van der Waals surface area contributed by atoms with Crippen LogP contribution >= 0.6 is 0 Å². The monoisotopic (exact) mass is 546 g/mol. The summed E-state index contributed by atoms with van der Waals surface area (Å²) in [4.78, 5) is 35.0. The first-order valence-corrected chi connectivity index (χ1v) is 12.5. The van der Waals surface area contributed by atoms with E-state index in [9.17, 15) is 22.8 Å². The molecular formula is C26H26F4N6O3. The third-order valence-electron chi connectivity index (χ3n) is 7.23. The molecule has 1 amide bonds.